The molecule has 0 aliphatic heterocycles. The smallest absolute Gasteiger partial charge is 0.262 e. The van der Waals surface area contributed by atoms with Crippen LogP contribution in [0, 0.1) is 18.6 Å². The highest BCUT2D eigenvalue weighted by Crippen LogP contribution is 2.14. The maximum absolute atomic E-state index is 12.6. The van der Waals surface area contributed by atoms with Gasteiger partial charge < -0.3 is 4.98 Å². The average molecular weight is 300 g/mol. The Morgan fingerprint density at radius 3 is 2.67 bits per heavy atom. The Kier molecular flexibility index (Phi) is 3.25. The van der Waals surface area contributed by atoms with Crippen LogP contribution in [0.3, 0.4) is 0 Å². The van der Waals surface area contributed by atoms with Gasteiger partial charge in [-0.1, -0.05) is 12.1 Å². The molecule has 0 amide bonds. The molecule has 0 saturated carbocycles. The summed E-state index contributed by atoms with van der Waals surface area (Å²) in [6, 6.07) is 7.40. The zero-order valence-corrected chi connectivity index (χ0v) is 13.0. The topological polar surface area (TPSA) is 55.6 Å². The van der Waals surface area contributed by atoms with Crippen molar-refractivity contribution in [1.29, 1.82) is 0 Å². The number of para-hydroxylation sites is 1. The van der Waals surface area contributed by atoms with Gasteiger partial charge in [0.15, 0.2) is 4.77 Å². The van der Waals surface area contributed by atoms with Crippen molar-refractivity contribution in [2.45, 2.75) is 20.4 Å². The summed E-state index contributed by atoms with van der Waals surface area (Å²) < 4.78 is 3.85. The van der Waals surface area contributed by atoms with Crippen LogP contribution in [0.5, 0.6) is 0 Å². The van der Waals surface area contributed by atoms with E-state index >= 15 is 0 Å². The average Bonchev–Trinajstić information content (AvgIpc) is 2.69. The fourth-order valence-corrected chi connectivity index (χ4v) is 2.80. The Bertz CT molecular complexity index is 948. The van der Waals surface area contributed by atoms with E-state index in [0.717, 1.165) is 22.5 Å². The molecule has 5 nitrogen and oxygen atoms in total. The van der Waals surface area contributed by atoms with Gasteiger partial charge in [-0.15, -0.1) is 0 Å². The first kappa shape index (κ1) is 13.8. The van der Waals surface area contributed by atoms with E-state index in [1.54, 1.807) is 4.57 Å². The number of aryl methyl sites for hydroxylation is 2. The number of H-pyrrole nitrogens is 1. The van der Waals surface area contributed by atoms with Crippen LogP contribution in [0.4, 0.5) is 0 Å². The minimum Gasteiger partial charge on any atom is -0.332 e. The normalized spacial score (nSPS) is 11.2. The van der Waals surface area contributed by atoms with Crippen molar-refractivity contribution in [2.75, 3.05) is 0 Å². The van der Waals surface area contributed by atoms with Crippen LogP contribution in [-0.4, -0.2) is 19.3 Å². The van der Waals surface area contributed by atoms with Crippen LogP contribution in [0.1, 0.15) is 17.0 Å². The number of fused-ring (bicyclic) bond motifs is 1. The second kappa shape index (κ2) is 4.96. The Labute approximate surface area is 126 Å². The maximum atomic E-state index is 12.6. The van der Waals surface area contributed by atoms with Gasteiger partial charge in [0.1, 0.15) is 0 Å². The minimum absolute atomic E-state index is 0.0722. The molecule has 0 radical (unpaired) electrons. The monoisotopic (exact) mass is 300 g/mol. The molecule has 0 spiro atoms. The first-order valence-corrected chi connectivity index (χ1v) is 7.11. The molecule has 0 aliphatic carbocycles. The van der Waals surface area contributed by atoms with Crippen molar-refractivity contribution in [3.63, 3.8) is 0 Å². The van der Waals surface area contributed by atoms with Crippen molar-refractivity contribution in [2.24, 2.45) is 7.05 Å². The van der Waals surface area contributed by atoms with Crippen LogP contribution in [-0.2, 0) is 13.6 Å². The molecular formula is C15H16N4OS. The highest BCUT2D eigenvalue weighted by atomic mass is 32.1. The van der Waals surface area contributed by atoms with E-state index in [1.807, 2.05) is 49.8 Å². The van der Waals surface area contributed by atoms with Crippen molar-refractivity contribution < 1.29 is 0 Å². The molecule has 21 heavy (non-hydrogen) atoms. The summed E-state index contributed by atoms with van der Waals surface area (Å²) in [4.78, 5) is 15.7. The largest absolute Gasteiger partial charge is 0.332 e. The first-order valence-electron chi connectivity index (χ1n) is 6.70. The van der Waals surface area contributed by atoms with Crippen molar-refractivity contribution >= 4 is 23.1 Å². The van der Waals surface area contributed by atoms with Gasteiger partial charge in [0, 0.05) is 18.3 Å². The van der Waals surface area contributed by atoms with Gasteiger partial charge in [-0.05, 0) is 38.2 Å². The maximum Gasteiger partial charge on any atom is 0.262 e. The lowest BCUT2D eigenvalue weighted by Gasteiger charge is -2.08. The minimum atomic E-state index is -0.0722. The van der Waals surface area contributed by atoms with Gasteiger partial charge in [0.25, 0.3) is 5.56 Å². The highest BCUT2D eigenvalue weighted by Gasteiger charge is 2.12. The summed E-state index contributed by atoms with van der Waals surface area (Å²) in [6.07, 6.45) is 0. The highest BCUT2D eigenvalue weighted by molar-refractivity contribution is 7.71. The third-order valence-corrected chi connectivity index (χ3v) is 4.19. The number of benzene rings is 1. The van der Waals surface area contributed by atoms with Crippen LogP contribution in [0.2, 0.25) is 0 Å². The molecule has 108 valence electrons. The molecule has 1 aromatic carbocycles. The number of rotatable bonds is 2. The van der Waals surface area contributed by atoms with Gasteiger partial charge in [0.2, 0.25) is 0 Å². The fraction of sp³-hybridized carbons (Fsp3) is 0.267. The van der Waals surface area contributed by atoms with Crippen LogP contribution >= 0.6 is 12.2 Å². The van der Waals surface area contributed by atoms with E-state index in [-0.39, 0.29) is 5.56 Å². The summed E-state index contributed by atoms with van der Waals surface area (Å²) in [5.74, 6) is 0. The van der Waals surface area contributed by atoms with Crippen LogP contribution in [0.25, 0.3) is 10.9 Å². The Morgan fingerprint density at radius 1 is 1.29 bits per heavy atom. The van der Waals surface area contributed by atoms with E-state index in [9.17, 15) is 4.79 Å². The number of aromatic nitrogens is 4. The Balaban J connectivity index is 2.22. The number of aromatic amines is 1. The van der Waals surface area contributed by atoms with E-state index in [1.165, 1.54) is 0 Å². The van der Waals surface area contributed by atoms with E-state index in [2.05, 4.69) is 10.1 Å². The standard InChI is InChI=1S/C15H16N4OS/c1-9-12(10(2)18(3)17-9)8-19-14(20)11-6-4-5-7-13(11)16-15(19)21/h4-7H,8H2,1-3H3,(H,16,21). The third kappa shape index (κ3) is 2.21. The second-order valence-corrected chi connectivity index (χ2v) is 5.53. The molecule has 1 N–H and O–H groups in total. The predicted molar refractivity (Wildman–Crippen MR) is 85.2 cm³/mol. The van der Waals surface area contributed by atoms with Crippen molar-refractivity contribution in [3.8, 4) is 0 Å². The van der Waals surface area contributed by atoms with Gasteiger partial charge >= 0.3 is 0 Å². The molecule has 0 aliphatic rings. The third-order valence-electron chi connectivity index (χ3n) is 3.86. The van der Waals surface area contributed by atoms with Crippen LogP contribution in [0.15, 0.2) is 29.1 Å². The summed E-state index contributed by atoms with van der Waals surface area (Å²) >= 11 is 5.34. The van der Waals surface area contributed by atoms with E-state index < -0.39 is 0 Å². The molecule has 0 saturated heterocycles. The van der Waals surface area contributed by atoms with Crippen molar-refractivity contribution in [3.05, 3.63) is 56.3 Å². The number of nitrogens with zero attached hydrogens (tertiary/aromatic N) is 3. The number of hydrogen-bond donors (Lipinski definition) is 1. The molecule has 3 aromatic rings. The quantitative estimate of drug-likeness (QED) is 0.740. The Hall–Kier alpha value is -2.21. The lowest BCUT2D eigenvalue weighted by atomic mass is 10.2. The summed E-state index contributed by atoms with van der Waals surface area (Å²) in [5.41, 5.74) is 3.70. The molecule has 0 unspecified atom stereocenters. The first-order chi connectivity index (χ1) is 9.99. The molecule has 0 fully saturated rings. The SMILES string of the molecule is Cc1nn(C)c(C)c1Cn1c(=S)[nH]c2ccccc2c1=O. The molecule has 2 heterocycles. The summed E-state index contributed by atoms with van der Waals surface area (Å²) in [7, 11) is 1.90. The number of hydrogen-bond acceptors (Lipinski definition) is 3. The lowest BCUT2D eigenvalue weighted by Crippen LogP contribution is -2.23. The lowest BCUT2D eigenvalue weighted by molar-refractivity contribution is 0.714. The molecule has 6 heteroatoms. The fourth-order valence-electron chi connectivity index (χ4n) is 2.55. The van der Waals surface area contributed by atoms with E-state index in [4.69, 9.17) is 12.2 Å². The van der Waals surface area contributed by atoms with E-state index in [0.29, 0.717) is 16.7 Å². The predicted octanol–water partition coefficient (Wildman–Crippen LogP) is 2.46. The van der Waals surface area contributed by atoms with Gasteiger partial charge in [-0.2, -0.15) is 5.10 Å². The zero-order valence-electron chi connectivity index (χ0n) is 12.2. The van der Waals surface area contributed by atoms with Gasteiger partial charge in [-0.25, -0.2) is 0 Å². The molecule has 0 bridgehead atoms. The molecule has 3 rings (SSSR count). The summed E-state index contributed by atoms with van der Waals surface area (Å²) in [5, 5.41) is 5.03. The van der Waals surface area contributed by atoms with Crippen LogP contribution < -0.4 is 5.56 Å². The number of nitrogens with one attached hydrogen (secondary N) is 1. The summed E-state index contributed by atoms with van der Waals surface area (Å²) in [6.45, 7) is 4.37. The molecular weight excluding hydrogens is 284 g/mol. The van der Waals surface area contributed by atoms with Crippen molar-refractivity contribution in [1.82, 2.24) is 19.3 Å². The molecule has 2 aromatic heterocycles. The zero-order chi connectivity index (χ0) is 15.1. The Morgan fingerprint density at radius 2 is 2.00 bits per heavy atom. The molecule has 0 atom stereocenters. The van der Waals surface area contributed by atoms with Gasteiger partial charge in [-0.3, -0.25) is 14.0 Å². The van der Waals surface area contributed by atoms with Gasteiger partial charge in [0.05, 0.1) is 23.1 Å². The second-order valence-electron chi connectivity index (χ2n) is 5.14.